The average molecular weight is 169 g/mol. The number of unbranched alkanes of at least 4 members (excludes halogenated alkanes) is 1. The number of hydrogen-bond donors (Lipinski definition) is 1. The summed E-state index contributed by atoms with van der Waals surface area (Å²) in [6.07, 6.45) is 4.02. The Kier molecular flexibility index (Phi) is 2.85. The second kappa shape index (κ2) is 3.90. The molecule has 0 spiro atoms. The Morgan fingerprint density at radius 2 is 2.25 bits per heavy atom. The summed E-state index contributed by atoms with van der Waals surface area (Å²) >= 11 is 0. The van der Waals surface area contributed by atoms with Crippen molar-refractivity contribution in [3.05, 3.63) is 32.7 Å². The Bertz CT molecular complexity index is 350. The second-order valence-corrected chi connectivity index (χ2v) is 2.59. The van der Waals surface area contributed by atoms with Gasteiger partial charge in [-0.2, -0.15) is 0 Å². The van der Waals surface area contributed by atoms with Crippen LogP contribution >= 0.6 is 0 Å². The molecule has 66 valence electrons. The molecule has 12 heavy (non-hydrogen) atoms. The molecule has 0 aliphatic heterocycles. The molecule has 1 rings (SSSR count). The summed E-state index contributed by atoms with van der Waals surface area (Å²) in [5, 5.41) is 0. The van der Waals surface area contributed by atoms with Crippen LogP contribution < -0.4 is 11.4 Å². The Morgan fingerprint density at radius 3 is 2.83 bits per heavy atom. The zero-order chi connectivity index (χ0) is 8.97. The van der Waals surface area contributed by atoms with Crippen LogP contribution in [0.15, 0.2) is 20.2 Å². The number of nitrogens with one attached hydrogen (secondary N) is 1. The Balaban J connectivity index is 2.87. The molecule has 1 aromatic heterocycles. The fourth-order valence-electron chi connectivity index (χ4n) is 0.926. The number of H-pyrrole nitrogens is 1. The summed E-state index contributed by atoms with van der Waals surface area (Å²) in [6, 6.07) is 0. The molecular formula is C8H11NO3. The van der Waals surface area contributed by atoms with Crippen LogP contribution in [0, 0.1) is 0 Å². The molecule has 0 saturated heterocycles. The van der Waals surface area contributed by atoms with Crippen molar-refractivity contribution in [1.29, 1.82) is 0 Å². The van der Waals surface area contributed by atoms with E-state index in [4.69, 9.17) is 0 Å². The van der Waals surface area contributed by atoms with E-state index in [0.717, 1.165) is 12.8 Å². The smallest absolute Gasteiger partial charge is 0.372 e. The molecule has 1 aromatic rings. The van der Waals surface area contributed by atoms with Crippen molar-refractivity contribution in [3.8, 4) is 0 Å². The molecule has 0 aromatic carbocycles. The molecule has 0 amide bonds. The van der Waals surface area contributed by atoms with Gasteiger partial charge >= 0.3 is 11.4 Å². The van der Waals surface area contributed by atoms with Gasteiger partial charge in [0.1, 0.15) is 0 Å². The van der Waals surface area contributed by atoms with Crippen LogP contribution in [0.3, 0.4) is 0 Å². The van der Waals surface area contributed by atoms with Crippen LogP contribution in [0.1, 0.15) is 25.3 Å². The van der Waals surface area contributed by atoms with Gasteiger partial charge in [-0.3, -0.25) is 4.98 Å². The lowest BCUT2D eigenvalue weighted by Gasteiger charge is -1.94. The van der Waals surface area contributed by atoms with Gasteiger partial charge in [0.15, 0.2) is 0 Å². The largest absolute Gasteiger partial charge is 0.419 e. The number of aromatic amines is 1. The van der Waals surface area contributed by atoms with E-state index in [1.165, 1.54) is 6.20 Å². The molecule has 0 fully saturated rings. The highest BCUT2D eigenvalue weighted by Gasteiger charge is 2.00. The summed E-state index contributed by atoms with van der Waals surface area (Å²) in [7, 11) is 0. The first-order valence-corrected chi connectivity index (χ1v) is 3.95. The average Bonchev–Trinajstić information content (AvgIpc) is 2.03. The quantitative estimate of drug-likeness (QED) is 0.723. The Hall–Kier alpha value is -1.32. The lowest BCUT2D eigenvalue weighted by molar-refractivity contribution is 0.439. The number of hydrogen-bond acceptors (Lipinski definition) is 3. The van der Waals surface area contributed by atoms with Gasteiger partial charge < -0.3 is 4.42 Å². The van der Waals surface area contributed by atoms with E-state index in [-0.39, 0.29) is 0 Å². The molecule has 0 saturated carbocycles. The molecule has 0 bridgehead atoms. The SMILES string of the molecule is CCCCc1c[nH]c(=O)oc1=O. The molecule has 0 unspecified atom stereocenters. The minimum atomic E-state index is -0.694. The minimum Gasteiger partial charge on any atom is -0.372 e. The lowest BCUT2D eigenvalue weighted by atomic mass is 10.2. The summed E-state index contributed by atoms with van der Waals surface area (Å²) in [4.78, 5) is 23.8. The van der Waals surface area contributed by atoms with E-state index in [0.29, 0.717) is 12.0 Å². The summed E-state index contributed by atoms with van der Waals surface area (Å²) < 4.78 is 4.34. The van der Waals surface area contributed by atoms with Crippen LogP contribution in [0.5, 0.6) is 0 Å². The van der Waals surface area contributed by atoms with Gasteiger partial charge in [0.2, 0.25) is 0 Å². The highest BCUT2D eigenvalue weighted by molar-refractivity contribution is 5.00. The zero-order valence-electron chi connectivity index (χ0n) is 6.92. The topological polar surface area (TPSA) is 63.1 Å². The van der Waals surface area contributed by atoms with Crippen LogP contribution in [0.2, 0.25) is 0 Å². The normalized spacial score (nSPS) is 10.1. The first-order chi connectivity index (χ1) is 5.74. The van der Waals surface area contributed by atoms with Gasteiger partial charge in [0.25, 0.3) is 0 Å². The third-order valence-corrected chi connectivity index (χ3v) is 1.61. The van der Waals surface area contributed by atoms with Gasteiger partial charge in [-0.15, -0.1) is 0 Å². The zero-order valence-corrected chi connectivity index (χ0v) is 6.92. The van der Waals surface area contributed by atoms with Gasteiger partial charge in [-0.1, -0.05) is 13.3 Å². The highest BCUT2D eigenvalue weighted by atomic mass is 16.4. The molecule has 4 heteroatoms. The Labute approximate surface area is 69.2 Å². The van der Waals surface area contributed by atoms with Crippen LogP contribution in [-0.4, -0.2) is 4.98 Å². The molecule has 1 heterocycles. The summed E-state index contributed by atoms with van der Waals surface area (Å²) in [5.41, 5.74) is 0.0173. The van der Waals surface area contributed by atoms with Crippen LogP contribution in [0.25, 0.3) is 0 Å². The third-order valence-electron chi connectivity index (χ3n) is 1.61. The molecule has 0 atom stereocenters. The van der Waals surface area contributed by atoms with Gasteiger partial charge in [0, 0.05) is 6.20 Å². The van der Waals surface area contributed by atoms with Gasteiger partial charge in [-0.05, 0) is 12.8 Å². The first kappa shape index (κ1) is 8.77. The van der Waals surface area contributed by atoms with Crippen molar-refractivity contribution >= 4 is 0 Å². The summed E-state index contributed by atoms with van der Waals surface area (Å²) in [5.74, 6) is -0.694. The Morgan fingerprint density at radius 1 is 1.50 bits per heavy atom. The predicted octanol–water partition coefficient (Wildman–Crippen LogP) is 0.671. The number of rotatable bonds is 3. The van der Waals surface area contributed by atoms with E-state index in [1.54, 1.807) is 0 Å². The van der Waals surface area contributed by atoms with E-state index in [9.17, 15) is 9.59 Å². The highest BCUT2D eigenvalue weighted by Crippen LogP contribution is 1.95. The molecule has 0 aliphatic carbocycles. The monoisotopic (exact) mass is 169 g/mol. The lowest BCUT2D eigenvalue weighted by Crippen LogP contribution is -2.17. The maximum absolute atomic E-state index is 11.0. The molecular weight excluding hydrogens is 158 g/mol. The van der Waals surface area contributed by atoms with E-state index in [1.807, 2.05) is 6.92 Å². The molecule has 0 aliphatic rings. The fraction of sp³-hybridized carbons (Fsp3) is 0.500. The van der Waals surface area contributed by atoms with Crippen molar-refractivity contribution in [2.45, 2.75) is 26.2 Å². The first-order valence-electron chi connectivity index (χ1n) is 3.95. The van der Waals surface area contributed by atoms with Crippen LogP contribution in [-0.2, 0) is 6.42 Å². The van der Waals surface area contributed by atoms with Crippen molar-refractivity contribution in [1.82, 2.24) is 4.98 Å². The molecule has 1 N–H and O–H groups in total. The van der Waals surface area contributed by atoms with Gasteiger partial charge in [0.05, 0.1) is 5.56 Å². The van der Waals surface area contributed by atoms with E-state index >= 15 is 0 Å². The van der Waals surface area contributed by atoms with Gasteiger partial charge in [-0.25, -0.2) is 9.59 Å². The van der Waals surface area contributed by atoms with Crippen molar-refractivity contribution < 1.29 is 4.42 Å². The second-order valence-electron chi connectivity index (χ2n) is 2.59. The molecule has 4 nitrogen and oxygen atoms in total. The maximum Gasteiger partial charge on any atom is 0.419 e. The van der Waals surface area contributed by atoms with Crippen molar-refractivity contribution in [3.63, 3.8) is 0 Å². The fourth-order valence-corrected chi connectivity index (χ4v) is 0.926. The third kappa shape index (κ3) is 2.08. The molecule has 0 radical (unpaired) electrons. The van der Waals surface area contributed by atoms with Crippen molar-refractivity contribution in [2.75, 3.05) is 0 Å². The van der Waals surface area contributed by atoms with E-state index in [2.05, 4.69) is 9.40 Å². The van der Waals surface area contributed by atoms with Crippen LogP contribution in [0.4, 0.5) is 0 Å². The maximum atomic E-state index is 11.0. The summed E-state index contributed by atoms with van der Waals surface area (Å²) in [6.45, 7) is 2.04. The minimum absolute atomic E-state index is 0.521. The van der Waals surface area contributed by atoms with Crippen molar-refractivity contribution in [2.24, 2.45) is 0 Å². The van der Waals surface area contributed by atoms with E-state index < -0.39 is 11.4 Å². The number of aryl methyl sites for hydroxylation is 1. The standard InChI is InChI=1S/C8H11NO3/c1-2-3-4-6-5-9-8(11)12-7(6)10/h5H,2-4H2,1H3,(H,9,11). The predicted molar refractivity (Wildman–Crippen MR) is 44.2 cm³/mol. The number of aromatic nitrogens is 1.